The molecule has 0 aliphatic carbocycles. The fourth-order valence-corrected chi connectivity index (χ4v) is 4.72. The first-order valence-corrected chi connectivity index (χ1v) is 11.8. The van der Waals surface area contributed by atoms with Gasteiger partial charge in [-0.25, -0.2) is 9.40 Å². The molecular formula is C28H28FN3O2. The summed E-state index contributed by atoms with van der Waals surface area (Å²) in [7, 11) is 0. The highest BCUT2D eigenvalue weighted by atomic mass is 19.1. The zero-order chi connectivity index (χ0) is 23.5. The number of ether oxygens (including phenoxy) is 1. The number of carbonyl (C=O) groups excluding carboxylic acids is 1. The number of fused-ring (bicyclic) bond motifs is 1. The first kappa shape index (κ1) is 22.3. The molecule has 2 aliphatic heterocycles. The minimum atomic E-state index is -0.288. The summed E-state index contributed by atoms with van der Waals surface area (Å²) >= 11 is 0. The summed E-state index contributed by atoms with van der Waals surface area (Å²) in [4.78, 5) is 15.7. The summed E-state index contributed by atoms with van der Waals surface area (Å²) in [6.07, 6.45) is 1.52. The van der Waals surface area contributed by atoms with Gasteiger partial charge in [-0.15, -0.1) is 0 Å². The topological polar surface area (TPSA) is 45.1 Å². The minimum absolute atomic E-state index is 0.0321. The molecule has 2 heterocycles. The average Bonchev–Trinajstić information content (AvgIpc) is 3.31. The van der Waals surface area contributed by atoms with Crippen molar-refractivity contribution < 1.29 is 13.9 Å². The van der Waals surface area contributed by atoms with Gasteiger partial charge in [0.25, 0.3) is 5.91 Å². The maximum Gasteiger partial charge on any atom is 0.257 e. The Morgan fingerprint density at radius 3 is 2.50 bits per heavy atom. The van der Waals surface area contributed by atoms with Crippen molar-refractivity contribution in [1.82, 2.24) is 9.91 Å². The third-order valence-corrected chi connectivity index (χ3v) is 6.49. The molecular weight excluding hydrogens is 429 g/mol. The van der Waals surface area contributed by atoms with E-state index in [0.29, 0.717) is 19.6 Å². The summed E-state index contributed by atoms with van der Waals surface area (Å²) in [5, 5.41) is 6.35. The Morgan fingerprint density at radius 2 is 1.76 bits per heavy atom. The molecule has 34 heavy (non-hydrogen) atoms. The molecule has 5 rings (SSSR count). The standard InChI is InChI=1S/C28H28FN3O2/c1-2-34-25-13-9-22(10-14-25)27-17-26(21-7-11-24(29)12-8-21)30-32(27)28(33)19-31-16-15-20-5-3-4-6-23(20)18-31/h3-14,27H,2,15-19H2,1H3. The Balaban J connectivity index is 1.38. The lowest BCUT2D eigenvalue weighted by molar-refractivity contribution is -0.134. The van der Waals surface area contributed by atoms with Crippen LogP contribution in [0.1, 0.15) is 41.6 Å². The Labute approximate surface area is 199 Å². The maximum absolute atomic E-state index is 13.5. The molecule has 1 unspecified atom stereocenters. The van der Waals surface area contributed by atoms with E-state index in [4.69, 9.17) is 9.84 Å². The highest BCUT2D eigenvalue weighted by Gasteiger charge is 2.34. The number of amides is 1. The number of rotatable bonds is 6. The number of carbonyl (C=O) groups is 1. The van der Waals surface area contributed by atoms with Crippen molar-refractivity contribution in [3.05, 3.63) is 101 Å². The number of halogens is 1. The van der Waals surface area contributed by atoms with E-state index in [2.05, 4.69) is 23.1 Å². The Kier molecular flexibility index (Phi) is 6.41. The van der Waals surface area contributed by atoms with E-state index in [1.165, 1.54) is 23.3 Å². The van der Waals surface area contributed by atoms with Gasteiger partial charge in [-0.2, -0.15) is 5.10 Å². The fourth-order valence-electron chi connectivity index (χ4n) is 4.72. The van der Waals surface area contributed by atoms with Crippen LogP contribution < -0.4 is 4.74 Å². The van der Waals surface area contributed by atoms with Crippen molar-refractivity contribution in [3.63, 3.8) is 0 Å². The zero-order valence-corrected chi connectivity index (χ0v) is 19.3. The largest absolute Gasteiger partial charge is 0.494 e. The molecule has 6 heteroatoms. The van der Waals surface area contributed by atoms with Gasteiger partial charge in [0.05, 0.1) is 24.9 Å². The van der Waals surface area contributed by atoms with Crippen molar-refractivity contribution in [3.8, 4) is 5.75 Å². The molecule has 3 aromatic carbocycles. The van der Waals surface area contributed by atoms with Crippen LogP contribution in [-0.4, -0.2) is 41.2 Å². The van der Waals surface area contributed by atoms with Gasteiger partial charge in [0, 0.05) is 19.5 Å². The highest BCUT2D eigenvalue weighted by Crippen LogP contribution is 2.34. The van der Waals surface area contributed by atoms with Gasteiger partial charge < -0.3 is 4.74 Å². The summed E-state index contributed by atoms with van der Waals surface area (Å²) in [5.41, 5.74) is 5.26. The first-order valence-electron chi connectivity index (χ1n) is 11.8. The van der Waals surface area contributed by atoms with E-state index >= 15 is 0 Å². The van der Waals surface area contributed by atoms with Gasteiger partial charge in [0.2, 0.25) is 0 Å². The van der Waals surface area contributed by atoms with Gasteiger partial charge in [0.15, 0.2) is 0 Å². The van der Waals surface area contributed by atoms with Crippen LogP contribution in [0.3, 0.4) is 0 Å². The summed E-state index contributed by atoms with van der Waals surface area (Å²) < 4.78 is 19.0. The molecule has 1 amide bonds. The van der Waals surface area contributed by atoms with Crippen LogP contribution in [0.4, 0.5) is 4.39 Å². The average molecular weight is 458 g/mol. The van der Waals surface area contributed by atoms with Crippen LogP contribution in [0, 0.1) is 5.82 Å². The molecule has 0 spiro atoms. The van der Waals surface area contributed by atoms with Crippen LogP contribution in [0.2, 0.25) is 0 Å². The molecule has 0 bridgehead atoms. The molecule has 0 radical (unpaired) electrons. The van der Waals surface area contributed by atoms with Crippen molar-refractivity contribution in [1.29, 1.82) is 0 Å². The third-order valence-electron chi connectivity index (χ3n) is 6.49. The molecule has 0 saturated heterocycles. The Morgan fingerprint density at radius 1 is 1.03 bits per heavy atom. The number of hydrazone groups is 1. The molecule has 0 N–H and O–H groups in total. The molecule has 2 aliphatic rings. The molecule has 1 atom stereocenters. The fraction of sp³-hybridized carbons (Fsp3) is 0.286. The molecule has 174 valence electrons. The van der Waals surface area contributed by atoms with Crippen LogP contribution in [0.15, 0.2) is 77.9 Å². The Bertz CT molecular complexity index is 1190. The predicted octanol–water partition coefficient (Wildman–Crippen LogP) is 4.96. The SMILES string of the molecule is CCOc1ccc(C2CC(c3ccc(F)cc3)=NN2C(=O)CN2CCc3ccccc3C2)cc1. The van der Waals surface area contributed by atoms with E-state index < -0.39 is 0 Å². The summed E-state index contributed by atoms with van der Waals surface area (Å²) in [6.45, 7) is 4.47. The van der Waals surface area contributed by atoms with Gasteiger partial charge >= 0.3 is 0 Å². The van der Waals surface area contributed by atoms with E-state index in [1.54, 1.807) is 17.1 Å². The second kappa shape index (κ2) is 9.77. The molecule has 0 saturated carbocycles. The quantitative estimate of drug-likeness (QED) is 0.526. The third kappa shape index (κ3) is 4.73. The lowest BCUT2D eigenvalue weighted by Crippen LogP contribution is -2.40. The van der Waals surface area contributed by atoms with Gasteiger partial charge in [-0.3, -0.25) is 9.69 Å². The van der Waals surface area contributed by atoms with Crippen molar-refractivity contribution in [2.45, 2.75) is 32.4 Å². The molecule has 0 aromatic heterocycles. The molecule has 5 nitrogen and oxygen atoms in total. The zero-order valence-electron chi connectivity index (χ0n) is 19.3. The maximum atomic E-state index is 13.5. The van der Waals surface area contributed by atoms with Crippen molar-refractivity contribution in [2.75, 3.05) is 19.7 Å². The minimum Gasteiger partial charge on any atom is -0.494 e. The van der Waals surface area contributed by atoms with Gasteiger partial charge in [-0.05, 0) is 59.9 Å². The number of hydrogen-bond acceptors (Lipinski definition) is 4. The van der Waals surface area contributed by atoms with E-state index in [9.17, 15) is 9.18 Å². The van der Waals surface area contributed by atoms with Crippen molar-refractivity contribution >= 4 is 11.6 Å². The van der Waals surface area contributed by atoms with E-state index in [0.717, 1.165) is 42.1 Å². The summed E-state index contributed by atoms with van der Waals surface area (Å²) in [6, 6.07) is 22.4. The van der Waals surface area contributed by atoms with Crippen LogP contribution in [0.25, 0.3) is 0 Å². The van der Waals surface area contributed by atoms with Gasteiger partial charge in [-0.1, -0.05) is 48.5 Å². The van der Waals surface area contributed by atoms with E-state index in [1.807, 2.05) is 37.3 Å². The monoisotopic (exact) mass is 457 g/mol. The Hall–Kier alpha value is -3.51. The second-order valence-electron chi connectivity index (χ2n) is 8.74. The van der Waals surface area contributed by atoms with Crippen LogP contribution in [-0.2, 0) is 17.8 Å². The lowest BCUT2D eigenvalue weighted by Gasteiger charge is -2.30. The van der Waals surface area contributed by atoms with Crippen LogP contribution >= 0.6 is 0 Å². The molecule has 0 fully saturated rings. The smallest absolute Gasteiger partial charge is 0.257 e. The summed E-state index contributed by atoms with van der Waals surface area (Å²) in [5.74, 6) is 0.480. The number of hydrogen-bond donors (Lipinski definition) is 0. The van der Waals surface area contributed by atoms with Crippen molar-refractivity contribution in [2.24, 2.45) is 5.10 Å². The second-order valence-corrected chi connectivity index (χ2v) is 8.74. The normalized spacial score (nSPS) is 17.9. The number of benzene rings is 3. The highest BCUT2D eigenvalue weighted by molar-refractivity contribution is 6.03. The predicted molar refractivity (Wildman–Crippen MR) is 130 cm³/mol. The number of nitrogens with zero attached hydrogens (tertiary/aromatic N) is 3. The lowest BCUT2D eigenvalue weighted by atomic mass is 9.98. The molecule has 3 aromatic rings. The van der Waals surface area contributed by atoms with Gasteiger partial charge in [0.1, 0.15) is 11.6 Å². The first-order chi connectivity index (χ1) is 16.6. The van der Waals surface area contributed by atoms with E-state index in [-0.39, 0.29) is 17.8 Å². The van der Waals surface area contributed by atoms with Crippen LogP contribution in [0.5, 0.6) is 5.75 Å².